The molecular weight excluding hydrogens is 320 g/mol. The molecule has 4 rings (SSSR count). The first-order valence-corrected chi connectivity index (χ1v) is 8.30. The Labute approximate surface area is 142 Å². The number of para-hydroxylation sites is 2. The van der Waals surface area contributed by atoms with E-state index in [9.17, 15) is 4.79 Å². The summed E-state index contributed by atoms with van der Waals surface area (Å²) in [6.07, 6.45) is 1.86. The van der Waals surface area contributed by atoms with Gasteiger partial charge in [-0.15, -0.1) is 0 Å². The number of nitrogens with one attached hydrogen (secondary N) is 2. The predicted molar refractivity (Wildman–Crippen MR) is 98.1 cm³/mol. The van der Waals surface area contributed by atoms with E-state index in [-0.39, 0.29) is 5.91 Å². The number of aromatic amines is 1. The number of carbonyl (C=O) groups excluding carboxylic acids is 1. The maximum absolute atomic E-state index is 12.1. The molecule has 0 unspecified atom stereocenters. The Morgan fingerprint density at radius 2 is 1.92 bits per heavy atom. The molecule has 5 nitrogen and oxygen atoms in total. The van der Waals surface area contributed by atoms with Gasteiger partial charge in [0.15, 0.2) is 5.17 Å². The average Bonchev–Trinajstić information content (AvgIpc) is 3.12. The minimum atomic E-state index is -0.143. The van der Waals surface area contributed by atoms with Crippen molar-refractivity contribution in [3.05, 3.63) is 64.6 Å². The van der Waals surface area contributed by atoms with Crippen molar-refractivity contribution >= 4 is 45.9 Å². The number of nitrogens with zero attached hydrogens (tertiary/aromatic N) is 2. The zero-order valence-electron chi connectivity index (χ0n) is 12.9. The number of hydrogen-bond donors (Lipinski definition) is 2. The second kappa shape index (κ2) is 5.98. The Hall–Kier alpha value is -2.86. The fourth-order valence-electron chi connectivity index (χ4n) is 2.38. The van der Waals surface area contributed by atoms with E-state index in [4.69, 9.17) is 0 Å². The van der Waals surface area contributed by atoms with Crippen LogP contribution in [0.1, 0.15) is 11.1 Å². The highest BCUT2D eigenvalue weighted by Crippen LogP contribution is 2.28. The molecule has 0 saturated carbocycles. The number of aromatic nitrogens is 2. The Balaban J connectivity index is 1.60. The third-order valence-corrected chi connectivity index (χ3v) is 4.52. The number of imidazole rings is 1. The van der Waals surface area contributed by atoms with Crippen molar-refractivity contribution < 1.29 is 4.79 Å². The van der Waals surface area contributed by atoms with Gasteiger partial charge in [-0.1, -0.05) is 42.0 Å². The van der Waals surface area contributed by atoms with E-state index in [1.807, 2.05) is 61.5 Å². The third-order valence-electron chi connectivity index (χ3n) is 3.61. The molecule has 0 atom stereocenters. The van der Waals surface area contributed by atoms with Gasteiger partial charge in [-0.2, -0.15) is 4.99 Å². The summed E-state index contributed by atoms with van der Waals surface area (Å²) < 4.78 is 0. The van der Waals surface area contributed by atoms with Crippen molar-refractivity contribution in [2.75, 3.05) is 0 Å². The molecule has 1 aliphatic heterocycles. The molecule has 1 saturated heterocycles. The topological polar surface area (TPSA) is 70.1 Å². The quantitative estimate of drug-likeness (QED) is 0.701. The molecule has 6 heteroatoms. The molecule has 24 heavy (non-hydrogen) atoms. The van der Waals surface area contributed by atoms with Crippen LogP contribution in [-0.4, -0.2) is 21.0 Å². The summed E-state index contributed by atoms with van der Waals surface area (Å²) in [4.78, 5) is 24.6. The largest absolute Gasteiger partial charge is 0.322 e. The molecule has 1 aliphatic rings. The molecule has 0 bridgehead atoms. The lowest BCUT2D eigenvalue weighted by molar-refractivity contribution is -0.115. The van der Waals surface area contributed by atoms with Crippen LogP contribution in [0, 0.1) is 6.92 Å². The number of amidine groups is 1. The normalized spacial score (nSPS) is 17.8. The highest BCUT2D eigenvalue weighted by molar-refractivity contribution is 8.18. The second-order valence-corrected chi connectivity index (χ2v) is 6.50. The summed E-state index contributed by atoms with van der Waals surface area (Å²) in [6.45, 7) is 2.03. The van der Waals surface area contributed by atoms with Crippen molar-refractivity contribution in [2.24, 2.45) is 4.99 Å². The van der Waals surface area contributed by atoms with E-state index in [1.54, 1.807) is 0 Å². The molecule has 0 aliphatic carbocycles. The van der Waals surface area contributed by atoms with Gasteiger partial charge in [0.1, 0.15) is 0 Å². The van der Waals surface area contributed by atoms with Gasteiger partial charge in [0.05, 0.1) is 15.9 Å². The van der Waals surface area contributed by atoms with Crippen molar-refractivity contribution in [1.29, 1.82) is 0 Å². The molecule has 0 radical (unpaired) electrons. The maximum Gasteiger partial charge on any atom is 0.264 e. The number of carbonyl (C=O) groups is 1. The minimum Gasteiger partial charge on any atom is -0.322 e. The van der Waals surface area contributed by atoms with Crippen LogP contribution in [-0.2, 0) is 4.79 Å². The van der Waals surface area contributed by atoms with Crippen LogP contribution in [0.25, 0.3) is 17.1 Å². The number of rotatable bonds is 2. The van der Waals surface area contributed by atoms with Crippen molar-refractivity contribution in [3.63, 3.8) is 0 Å². The number of amides is 1. The first-order chi connectivity index (χ1) is 11.7. The van der Waals surface area contributed by atoms with Gasteiger partial charge in [-0.25, -0.2) is 4.98 Å². The number of aryl methyl sites for hydroxylation is 1. The van der Waals surface area contributed by atoms with Crippen LogP contribution in [0.15, 0.2) is 58.4 Å². The Morgan fingerprint density at radius 3 is 2.71 bits per heavy atom. The molecule has 0 spiro atoms. The van der Waals surface area contributed by atoms with Gasteiger partial charge >= 0.3 is 0 Å². The fourth-order valence-corrected chi connectivity index (χ4v) is 3.21. The van der Waals surface area contributed by atoms with Crippen LogP contribution in [0.2, 0.25) is 0 Å². The van der Waals surface area contributed by atoms with E-state index in [0.717, 1.165) is 16.6 Å². The van der Waals surface area contributed by atoms with Crippen molar-refractivity contribution in [1.82, 2.24) is 15.3 Å². The Kier molecular flexibility index (Phi) is 3.66. The van der Waals surface area contributed by atoms with Crippen molar-refractivity contribution in [3.8, 4) is 0 Å². The van der Waals surface area contributed by atoms with Crippen LogP contribution in [0.3, 0.4) is 0 Å². The van der Waals surface area contributed by atoms with E-state index in [1.165, 1.54) is 17.3 Å². The fraction of sp³-hybridized carbons (Fsp3) is 0.0556. The first-order valence-electron chi connectivity index (χ1n) is 7.48. The molecule has 2 N–H and O–H groups in total. The summed E-state index contributed by atoms with van der Waals surface area (Å²) in [5.74, 6) is 0.339. The van der Waals surface area contributed by atoms with E-state index in [2.05, 4.69) is 20.3 Å². The average molecular weight is 334 g/mol. The molecule has 1 aromatic heterocycles. The van der Waals surface area contributed by atoms with Gasteiger partial charge in [0.25, 0.3) is 5.91 Å². The smallest absolute Gasteiger partial charge is 0.264 e. The highest BCUT2D eigenvalue weighted by Gasteiger charge is 2.24. The van der Waals surface area contributed by atoms with Crippen LogP contribution < -0.4 is 5.32 Å². The van der Waals surface area contributed by atoms with Crippen LogP contribution >= 0.6 is 11.8 Å². The molecule has 2 aromatic carbocycles. The maximum atomic E-state index is 12.1. The second-order valence-electron chi connectivity index (χ2n) is 5.47. The lowest BCUT2D eigenvalue weighted by atomic mass is 10.1. The molecule has 2 heterocycles. The zero-order valence-corrected chi connectivity index (χ0v) is 13.7. The molecule has 118 valence electrons. The zero-order chi connectivity index (χ0) is 16.5. The van der Waals surface area contributed by atoms with Gasteiger partial charge in [-0.3, -0.25) is 4.79 Å². The van der Waals surface area contributed by atoms with E-state index in [0.29, 0.717) is 16.0 Å². The summed E-state index contributed by atoms with van der Waals surface area (Å²) in [7, 11) is 0. The van der Waals surface area contributed by atoms with Gasteiger partial charge in [-0.05, 0) is 42.5 Å². The highest BCUT2D eigenvalue weighted by atomic mass is 32.2. The number of hydrogen-bond acceptors (Lipinski definition) is 4. The molecule has 1 fully saturated rings. The standard InChI is InChI=1S/C18H14N4OS/c1-11-6-8-12(9-7-11)10-15-16(23)21-18(24-15)22-17-19-13-4-2-3-5-14(13)20-17/h2-10H,1H3,(H2,19,20,21,22,23)/b15-10-. The monoisotopic (exact) mass is 334 g/mol. The number of H-pyrrole nitrogens is 1. The SMILES string of the molecule is Cc1ccc(/C=C2\S/C(=N\c3nc4ccccc4[nH]3)NC2=O)cc1. The molecule has 1 amide bonds. The van der Waals surface area contributed by atoms with Crippen LogP contribution in [0.5, 0.6) is 0 Å². The first kappa shape index (κ1) is 14.7. The number of aliphatic imine (C=N–C) groups is 1. The lowest BCUT2D eigenvalue weighted by Crippen LogP contribution is -2.19. The summed E-state index contributed by atoms with van der Waals surface area (Å²) in [5.41, 5.74) is 3.94. The Morgan fingerprint density at radius 1 is 1.12 bits per heavy atom. The van der Waals surface area contributed by atoms with Gasteiger partial charge < -0.3 is 10.3 Å². The van der Waals surface area contributed by atoms with Gasteiger partial charge in [0.2, 0.25) is 5.95 Å². The van der Waals surface area contributed by atoms with E-state index >= 15 is 0 Å². The third kappa shape index (κ3) is 2.96. The molecular formula is C18H14N4OS. The van der Waals surface area contributed by atoms with Crippen molar-refractivity contribution in [2.45, 2.75) is 6.92 Å². The number of thioether (sulfide) groups is 1. The van der Waals surface area contributed by atoms with E-state index < -0.39 is 0 Å². The summed E-state index contributed by atoms with van der Waals surface area (Å²) >= 11 is 1.31. The number of benzene rings is 2. The summed E-state index contributed by atoms with van der Waals surface area (Å²) in [5, 5.41) is 3.30. The van der Waals surface area contributed by atoms with Crippen LogP contribution in [0.4, 0.5) is 5.95 Å². The Bertz CT molecular complexity index is 953. The molecule has 3 aromatic rings. The van der Waals surface area contributed by atoms with Gasteiger partial charge in [0, 0.05) is 0 Å². The minimum absolute atomic E-state index is 0.143. The summed E-state index contributed by atoms with van der Waals surface area (Å²) in [6, 6.07) is 15.7. The predicted octanol–water partition coefficient (Wildman–Crippen LogP) is 3.76. The lowest BCUT2D eigenvalue weighted by Gasteiger charge is -1.95. The number of fused-ring (bicyclic) bond motifs is 1.